The molecule has 9 N–H and O–H groups in total. The van der Waals surface area contributed by atoms with Crippen molar-refractivity contribution in [3.63, 3.8) is 0 Å². The van der Waals surface area contributed by atoms with Crippen molar-refractivity contribution in [2.24, 2.45) is 17.4 Å². The first-order valence-corrected chi connectivity index (χ1v) is 8.69. The third kappa shape index (κ3) is 8.77. The zero-order chi connectivity index (χ0) is 22.0. The molecule has 0 saturated carbocycles. The van der Waals surface area contributed by atoms with Crippen molar-refractivity contribution in [1.29, 1.82) is 0 Å². The number of aliphatic hydroxyl groups excluding tert-OH is 1. The fourth-order valence-corrected chi connectivity index (χ4v) is 2.09. The minimum atomic E-state index is -1.35. The van der Waals surface area contributed by atoms with E-state index in [0.29, 0.717) is 0 Å². The summed E-state index contributed by atoms with van der Waals surface area (Å²) in [6, 6.07) is -4.68. The lowest BCUT2D eigenvalue weighted by Crippen LogP contribution is -2.58. The Morgan fingerprint density at radius 1 is 0.929 bits per heavy atom. The first-order valence-electron chi connectivity index (χ1n) is 8.69. The number of carbonyl (C=O) groups excluding carboxylic acids is 4. The van der Waals surface area contributed by atoms with Crippen LogP contribution in [0.15, 0.2) is 0 Å². The molecule has 4 amide bonds. The molecule has 0 spiro atoms. The van der Waals surface area contributed by atoms with Crippen molar-refractivity contribution in [3.8, 4) is 0 Å². The van der Waals surface area contributed by atoms with Crippen molar-refractivity contribution < 1.29 is 34.2 Å². The summed E-state index contributed by atoms with van der Waals surface area (Å²) in [6.07, 6.45) is -0.426. The second-order valence-electron chi connectivity index (χ2n) is 6.65. The topological polar surface area (TPSA) is 214 Å². The highest BCUT2D eigenvalue weighted by atomic mass is 16.4. The molecule has 0 aliphatic heterocycles. The van der Waals surface area contributed by atoms with Gasteiger partial charge in [-0.25, -0.2) is 4.79 Å². The average molecular weight is 403 g/mol. The predicted molar refractivity (Wildman–Crippen MR) is 97.4 cm³/mol. The van der Waals surface area contributed by atoms with Crippen molar-refractivity contribution in [2.45, 2.75) is 57.8 Å². The van der Waals surface area contributed by atoms with E-state index >= 15 is 0 Å². The van der Waals surface area contributed by atoms with E-state index in [9.17, 15) is 24.0 Å². The molecule has 4 unspecified atom stereocenters. The van der Waals surface area contributed by atoms with Crippen molar-refractivity contribution >= 4 is 29.6 Å². The van der Waals surface area contributed by atoms with Gasteiger partial charge >= 0.3 is 5.97 Å². The maximum absolute atomic E-state index is 12.4. The molecule has 0 heterocycles. The first-order chi connectivity index (χ1) is 12.9. The van der Waals surface area contributed by atoms with Crippen LogP contribution < -0.4 is 27.4 Å². The number of hydrogen-bond acceptors (Lipinski definition) is 7. The minimum Gasteiger partial charge on any atom is -0.480 e. The Hall–Kier alpha value is -2.73. The highest BCUT2D eigenvalue weighted by Gasteiger charge is 2.30. The molecule has 0 saturated heterocycles. The number of nitrogens with two attached hydrogens (primary N) is 2. The molecule has 12 heteroatoms. The monoisotopic (exact) mass is 403 g/mol. The zero-order valence-corrected chi connectivity index (χ0v) is 16.1. The smallest absolute Gasteiger partial charge is 0.326 e. The van der Waals surface area contributed by atoms with Gasteiger partial charge in [0.05, 0.1) is 6.61 Å². The van der Waals surface area contributed by atoms with Gasteiger partial charge in [0.15, 0.2) is 0 Å². The summed E-state index contributed by atoms with van der Waals surface area (Å²) in [5.41, 5.74) is 10.3. The van der Waals surface area contributed by atoms with Gasteiger partial charge in [-0.3, -0.25) is 19.2 Å². The molecule has 0 aliphatic rings. The minimum absolute atomic E-state index is 0.194. The van der Waals surface area contributed by atoms with Gasteiger partial charge < -0.3 is 37.6 Å². The average Bonchev–Trinajstić information content (AvgIpc) is 2.60. The molecule has 0 rings (SSSR count). The summed E-state index contributed by atoms with van der Waals surface area (Å²) in [7, 11) is 0. The number of carbonyl (C=O) groups is 5. The van der Waals surface area contributed by atoms with Crippen LogP contribution in [0.5, 0.6) is 0 Å². The van der Waals surface area contributed by atoms with Crippen LogP contribution in [-0.4, -0.2) is 70.6 Å². The van der Waals surface area contributed by atoms with Gasteiger partial charge in [0.1, 0.15) is 24.2 Å². The molecule has 4 atom stereocenters. The van der Waals surface area contributed by atoms with E-state index in [1.54, 1.807) is 13.8 Å². The first kappa shape index (κ1) is 25.3. The van der Waals surface area contributed by atoms with Crippen LogP contribution >= 0.6 is 0 Å². The van der Waals surface area contributed by atoms with E-state index in [-0.39, 0.29) is 12.8 Å². The van der Waals surface area contributed by atoms with Gasteiger partial charge in [-0.05, 0) is 19.3 Å². The number of aliphatic carboxylic acids is 1. The van der Waals surface area contributed by atoms with Gasteiger partial charge in [0.25, 0.3) is 0 Å². The summed E-state index contributed by atoms with van der Waals surface area (Å²) in [4.78, 5) is 58.4. The third-order valence-corrected chi connectivity index (χ3v) is 3.83. The van der Waals surface area contributed by atoms with Crippen LogP contribution in [0.4, 0.5) is 0 Å². The predicted octanol–water partition coefficient (Wildman–Crippen LogP) is -3.21. The van der Waals surface area contributed by atoms with E-state index in [2.05, 4.69) is 16.0 Å². The molecule has 28 heavy (non-hydrogen) atoms. The van der Waals surface area contributed by atoms with Gasteiger partial charge in [0, 0.05) is 6.42 Å². The molecule has 0 radical (unpaired) electrons. The Kier molecular flexibility index (Phi) is 10.7. The van der Waals surface area contributed by atoms with Gasteiger partial charge in [0.2, 0.25) is 23.6 Å². The fraction of sp³-hybridized carbons (Fsp3) is 0.688. The molecular weight excluding hydrogens is 374 g/mol. The molecule has 160 valence electrons. The number of rotatable bonds is 12. The molecule has 0 aliphatic carbocycles. The molecule has 0 fully saturated rings. The van der Waals surface area contributed by atoms with Crippen LogP contribution in [0.1, 0.15) is 33.6 Å². The number of primary amides is 1. The number of hydrogen-bond donors (Lipinski definition) is 7. The number of carboxylic acids is 1. The van der Waals surface area contributed by atoms with E-state index in [1.165, 1.54) is 6.92 Å². The van der Waals surface area contributed by atoms with Gasteiger partial charge in [-0.2, -0.15) is 0 Å². The fourth-order valence-electron chi connectivity index (χ4n) is 2.09. The maximum atomic E-state index is 12.4. The Morgan fingerprint density at radius 2 is 1.50 bits per heavy atom. The van der Waals surface area contributed by atoms with Crippen molar-refractivity contribution in [3.05, 3.63) is 0 Å². The van der Waals surface area contributed by atoms with Gasteiger partial charge in [-0.1, -0.05) is 13.8 Å². The van der Waals surface area contributed by atoms with Crippen LogP contribution in [0.25, 0.3) is 0 Å². The van der Waals surface area contributed by atoms with Gasteiger partial charge in [-0.15, -0.1) is 0 Å². The van der Waals surface area contributed by atoms with Crippen molar-refractivity contribution in [1.82, 2.24) is 16.0 Å². The van der Waals surface area contributed by atoms with E-state index < -0.39 is 66.3 Å². The van der Waals surface area contributed by atoms with E-state index in [4.69, 9.17) is 21.7 Å². The Balaban J connectivity index is 5.02. The highest BCUT2D eigenvalue weighted by molar-refractivity contribution is 5.94. The molecule has 0 aromatic carbocycles. The SMILES string of the molecule is CC(NC(=O)C(N)CO)C(=O)NC(C(=O)NC(CCC(N)=O)C(=O)O)C(C)C. The molecule has 0 aromatic rings. The lowest BCUT2D eigenvalue weighted by molar-refractivity contribution is -0.143. The molecule has 0 aromatic heterocycles. The second-order valence-corrected chi connectivity index (χ2v) is 6.65. The van der Waals surface area contributed by atoms with Crippen LogP contribution in [0, 0.1) is 5.92 Å². The van der Waals surface area contributed by atoms with Crippen molar-refractivity contribution in [2.75, 3.05) is 6.61 Å². The molecular formula is C16H29N5O7. The number of amides is 4. The van der Waals surface area contributed by atoms with Crippen LogP contribution in [-0.2, 0) is 24.0 Å². The summed E-state index contributed by atoms with van der Waals surface area (Å²) < 4.78 is 0. The quantitative estimate of drug-likeness (QED) is 0.175. The normalized spacial score (nSPS) is 15.1. The zero-order valence-electron chi connectivity index (χ0n) is 16.1. The Bertz CT molecular complexity index is 596. The maximum Gasteiger partial charge on any atom is 0.326 e. The number of aliphatic hydroxyl groups is 1. The summed E-state index contributed by atoms with van der Waals surface area (Å²) in [6.45, 7) is 4.03. The summed E-state index contributed by atoms with van der Waals surface area (Å²) >= 11 is 0. The second kappa shape index (κ2) is 11.9. The van der Waals surface area contributed by atoms with E-state index in [1.807, 2.05) is 0 Å². The standard InChI is InChI=1S/C16H29N5O7/c1-7(2)12(15(26)20-10(16(27)28)4-5-11(18)23)21-13(24)8(3)19-14(25)9(17)6-22/h7-10,12,22H,4-6,17H2,1-3H3,(H2,18,23)(H,19,25)(H,20,26)(H,21,24)(H,27,28). The molecule has 0 bridgehead atoms. The van der Waals surface area contributed by atoms with E-state index in [0.717, 1.165) is 0 Å². The van der Waals surface area contributed by atoms with Crippen LogP contribution in [0.2, 0.25) is 0 Å². The summed E-state index contributed by atoms with van der Waals surface area (Å²) in [5.74, 6) is -4.66. The van der Waals surface area contributed by atoms with Crippen LogP contribution in [0.3, 0.4) is 0 Å². The summed E-state index contributed by atoms with van der Waals surface area (Å²) in [5, 5.41) is 25.0. The highest BCUT2D eigenvalue weighted by Crippen LogP contribution is 2.05. The number of carboxylic acid groups (broad SMARTS) is 1. The largest absolute Gasteiger partial charge is 0.480 e. The lowest BCUT2D eigenvalue weighted by Gasteiger charge is -2.25. The molecule has 12 nitrogen and oxygen atoms in total. The Morgan fingerprint density at radius 3 is 1.93 bits per heavy atom. The Labute approximate surface area is 162 Å². The lowest BCUT2D eigenvalue weighted by atomic mass is 10.0. The third-order valence-electron chi connectivity index (χ3n) is 3.83. The number of nitrogens with one attached hydrogen (secondary N) is 3.